The highest BCUT2D eigenvalue weighted by atomic mass is 79.9. The Balaban J connectivity index is 1.83. The highest BCUT2D eigenvalue weighted by molar-refractivity contribution is 9.10. The zero-order valence-electron chi connectivity index (χ0n) is 16.5. The first-order chi connectivity index (χ1) is 15.3. The van der Waals surface area contributed by atoms with E-state index in [0.717, 1.165) is 15.6 Å². The first-order valence-electron chi connectivity index (χ1n) is 9.92. The van der Waals surface area contributed by atoms with Crippen molar-refractivity contribution in [2.45, 2.75) is 23.8 Å². The standard InChI is InChI=1S/C24H16BrCl3N2O2/c25-13-4-6-17-20(9-13)29-23(32)24(17)18(12-2-1-3-14(26)8-12)11-21(31)30-22(24)16-10-15(27)5-7-19(16)28/h1-10,18,22H,11H2,(H,29,32)(H,30,31)/t18-,22+,24-/m0/s1. The van der Waals surface area contributed by atoms with Crippen molar-refractivity contribution in [3.8, 4) is 0 Å². The van der Waals surface area contributed by atoms with E-state index < -0.39 is 17.4 Å². The molecule has 1 fully saturated rings. The molecule has 3 aromatic rings. The first-order valence-corrected chi connectivity index (χ1v) is 11.8. The number of nitrogens with one attached hydrogen (secondary N) is 2. The van der Waals surface area contributed by atoms with Gasteiger partial charge < -0.3 is 10.6 Å². The maximum Gasteiger partial charge on any atom is 0.238 e. The van der Waals surface area contributed by atoms with Crippen LogP contribution in [0.4, 0.5) is 5.69 Å². The fraction of sp³-hybridized carbons (Fsp3) is 0.167. The summed E-state index contributed by atoms with van der Waals surface area (Å²) in [6.07, 6.45) is 0.123. The van der Waals surface area contributed by atoms with Gasteiger partial charge in [-0.15, -0.1) is 0 Å². The Kier molecular flexibility index (Phi) is 5.49. The van der Waals surface area contributed by atoms with Crippen molar-refractivity contribution >= 4 is 68.2 Å². The van der Waals surface area contributed by atoms with Gasteiger partial charge in [0.05, 0.1) is 6.04 Å². The number of anilines is 1. The Morgan fingerprint density at radius 2 is 1.72 bits per heavy atom. The van der Waals surface area contributed by atoms with Crippen molar-refractivity contribution in [2.24, 2.45) is 0 Å². The van der Waals surface area contributed by atoms with Crippen LogP contribution in [0.2, 0.25) is 15.1 Å². The summed E-state index contributed by atoms with van der Waals surface area (Å²) in [4.78, 5) is 26.9. The van der Waals surface area contributed by atoms with Crippen molar-refractivity contribution in [2.75, 3.05) is 5.32 Å². The van der Waals surface area contributed by atoms with Crippen LogP contribution >= 0.6 is 50.7 Å². The van der Waals surface area contributed by atoms with Crippen LogP contribution in [-0.4, -0.2) is 11.8 Å². The molecule has 0 bridgehead atoms. The van der Waals surface area contributed by atoms with Crippen LogP contribution in [0.15, 0.2) is 65.1 Å². The smallest absolute Gasteiger partial charge is 0.238 e. The Morgan fingerprint density at radius 1 is 0.938 bits per heavy atom. The summed E-state index contributed by atoms with van der Waals surface area (Å²) in [5, 5.41) is 7.50. The van der Waals surface area contributed by atoms with Gasteiger partial charge in [-0.3, -0.25) is 9.59 Å². The molecule has 1 spiro atoms. The molecule has 0 aromatic heterocycles. The van der Waals surface area contributed by atoms with Gasteiger partial charge in [0.2, 0.25) is 11.8 Å². The van der Waals surface area contributed by atoms with Gasteiger partial charge in [-0.25, -0.2) is 0 Å². The predicted molar refractivity (Wildman–Crippen MR) is 131 cm³/mol. The predicted octanol–water partition coefficient (Wildman–Crippen LogP) is 6.64. The number of carbonyl (C=O) groups is 2. The number of fused-ring (bicyclic) bond motifs is 2. The van der Waals surface area contributed by atoms with Gasteiger partial charge in [0.25, 0.3) is 0 Å². The topological polar surface area (TPSA) is 58.2 Å². The van der Waals surface area contributed by atoms with Gasteiger partial charge in [0, 0.05) is 37.6 Å². The molecule has 0 radical (unpaired) electrons. The quantitative estimate of drug-likeness (QED) is 0.376. The summed E-state index contributed by atoms with van der Waals surface area (Å²) in [6.45, 7) is 0. The summed E-state index contributed by atoms with van der Waals surface area (Å²) in [7, 11) is 0. The van der Waals surface area contributed by atoms with Crippen LogP contribution in [0.5, 0.6) is 0 Å². The normalized spacial score (nSPS) is 24.2. The lowest BCUT2D eigenvalue weighted by molar-refractivity contribution is -0.131. The molecule has 0 aliphatic carbocycles. The number of halogens is 4. The van der Waals surface area contributed by atoms with Gasteiger partial charge in [-0.05, 0) is 59.2 Å². The Morgan fingerprint density at radius 3 is 2.50 bits per heavy atom. The molecule has 2 aliphatic rings. The Hall–Kier alpha value is -2.05. The second-order valence-corrected chi connectivity index (χ2v) is 10.2. The summed E-state index contributed by atoms with van der Waals surface area (Å²) < 4.78 is 0.838. The summed E-state index contributed by atoms with van der Waals surface area (Å²) in [5.41, 5.74) is 1.72. The fourth-order valence-electron chi connectivity index (χ4n) is 5.01. The molecule has 1 saturated heterocycles. The minimum atomic E-state index is -1.15. The minimum absolute atomic E-state index is 0.123. The number of benzene rings is 3. The molecule has 162 valence electrons. The molecule has 3 aromatic carbocycles. The zero-order valence-corrected chi connectivity index (χ0v) is 20.3. The number of piperidine rings is 1. The lowest BCUT2D eigenvalue weighted by Gasteiger charge is -2.46. The van der Waals surface area contributed by atoms with Gasteiger partial charge >= 0.3 is 0 Å². The van der Waals surface area contributed by atoms with E-state index in [4.69, 9.17) is 34.8 Å². The third kappa shape index (κ3) is 3.34. The van der Waals surface area contributed by atoms with Gasteiger partial charge in [-0.1, -0.05) is 68.9 Å². The maximum atomic E-state index is 13.9. The van der Waals surface area contributed by atoms with Gasteiger partial charge in [0.1, 0.15) is 5.41 Å². The van der Waals surface area contributed by atoms with Crippen LogP contribution in [0.25, 0.3) is 0 Å². The lowest BCUT2D eigenvalue weighted by Crippen LogP contribution is -2.56. The van der Waals surface area contributed by atoms with E-state index in [9.17, 15) is 9.59 Å². The molecule has 32 heavy (non-hydrogen) atoms. The molecule has 3 atom stereocenters. The third-order valence-electron chi connectivity index (χ3n) is 6.27. The number of carbonyl (C=O) groups excluding carboxylic acids is 2. The lowest BCUT2D eigenvalue weighted by atomic mass is 9.59. The monoisotopic (exact) mass is 548 g/mol. The molecule has 2 heterocycles. The molecular formula is C24H16BrCl3N2O2. The third-order valence-corrected chi connectivity index (χ3v) is 7.58. The average molecular weight is 551 g/mol. The minimum Gasteiger partial charge on any atom is -0.348 e. The van der Waals surface area contributed by atoms with E-state index in [0.29, 0.717) is 26.3 Å². The second kappa shape index (κ2) is 8.07. The first kappa shape index (κ1) is 21.8. The molecule has 0 unspecified atom stereocenters. The number of rotatable bonds is 2. The van der Waals surface area contributed by atoms with Crippen molar-refractivity contribution in [3.05, 3.63) is 96.9 Å². The summed E-state index contributed by atoms with van der Waals surface area (Å²) in [6, 6.07) is 17.3. The van der Waals surface area contributed by atoms with Gasteiger partial charge in [0.15, 0.2) is 0 Å². The average Bonchev–Trinajstić information content (AvgIpc) is 3.02. The van der Waals surface area contributed by atoms with Crippen LogP contribution in [-0.2, 0) is 15.0 Å². The highest BCUT2D eigenvalue weighted by Crippen LogP contribution is 2.58. The summed E-state index contributed by atoms with van der Waals surface area (Å²) in [5.74, 6) is -0.867. The van der Waals surface area contributed by atoms with E-state index in [2.05, 4.69) is 26.6 Å². The molecule has 2 aliphatic heterocycles. The Bertz CT molecular complexity index is 1280. The largest absolute Gasteiger partial charge is 0.348 e. The van der Waals surface area contributed by atoms with E-state index in [1.54, 1.807) is 24.3 Å². The van der Waals surface area contributed by atoms with Crippen molar-refractivity contribution in [1.29, 1.82) is 0 Å². The molecule has 4 nitrogen and oxygen atoms in total. The summed E-state index contributed by atoms with van der Waals surface area (Å²) >= 11 is 22.7. The van der Waals surface area contributed by atoms with Crippen molar-refractivity contribution < 1.29 is 9.59 Å². The number of hydrogen-bond acceptors (Lipinski definition) is 2. The second-order valence-electron chi connectivity index (χ2n) is 7.99. The highest BCUT2D eigenvalue weighted by Gasteiger charge is 2.61. The van der Waals surface area contributed by atoms with E-state index in [1.165, 1.54) is 0 Å². The van der Waals surface area contributed by atoms with Crippen LogP contribution in [0.3, 0.4) is 0 Å². The molecule has 0 saturated carbocycles. The van der Waals surface area contributed by atoms with Crippen molar-refractivity contribution in [3.63, 3.8) is 0 Å². The molecular weight excluding hydrogens is 535 g/mol. The molecule has 8 heteroatoms. The number of amides is 2. The molecule has 2 N–H and O–H groups in total. The SMILES string of the molecule is O=C1C[C@@H](c2cccc(Cl)c2)[C@]2(C(=O)Nc3cc(Br)ccc32)[C@@H](c2cc(Cl)ccc2Cl)N1. The molecule has 5 rings (SSSR count). The fourth-order valence-corrected chi connectivity index (χ4v) is 5.97. The maximum absolute atomic E-state index is 13.9. The van der Waals surface area contributed by atoms with E-state index >= 15 is 0 Å². The van der Waals surface area contributed by atoms with Crippen LogP contribution in [0, 0.1) is 0 Å². The van der Waals surface area contributed by atoms with E-state index in [-0.39, 0.29) is 18.2 Å². The van der Waals surface area contributed by atoms with Crippen LogP contribution in [0.1, 0.15) is 35.1 Å². The van der Waals surface area contributed by atoms with Crippen molar-refractivity contribution in [1.82, 2.24) is 5.32 Å². The van der Waals surface area contributed by atoms with Crippen LogP contribution < -0.4 is 10.6 Å². The number of hydrogen-bond donors (Lipinski definition) is 2. The Labute approximate surface area is 208 Å². The molecule has 2 amide bonds. The van der Waals surface area contributed by atoms with E-state index in [1.807, 2.05) is 36.4 Å². The zero-order chi connectivity index (χ0) is 22.6. The van der Waals surface area contributed by atoms with Gasteiger partial charge in [-0.2, -0.15) is 0 Å².